The van der Waals surface area contributed by atoms with E-state index in [1.807, 2.05) is 18.2 Å². The summed E-state index contributed by atoms with van der Waals surface area (Å²) in [5.74, 6) is 0.368. The second kappa shape index (κ2) is 9.16. The molecule has 0 spiro atoms. The highest BCUT2D eigenvalue weighted by atomic mass is 16.5. The standard InChI is InChI=1S/C23H35N3O3/c1-17-8-5-6-12-25(17)13-7-11-24-21(27)15-26-19-14-18(23(2,3)4)9-10-20(19)29-16-22(26)28/h9-10,14,17H,5-8,11-13,15-16H2,1-4H3,(H,24,27)/p+1/t17-/m1/s1. The maximum Gasteiger partial charge on any atom is 0.265 e. The molecule has 1 aromatic carbocycles. The molecule has 1 fully saturated rings. The molecule has 2 atom stereocenters. The Morgan fingerprint density at radius 2 is 2.10 bits per heavy atom. The Morgan fingerprint density at radius 1 is 1.31 bits per heavy atom. The third kappa shape index (κ3) is 5.50. The Kier molecular flexibility index (Phi) is 6.83. The number of amides is 2. The highest BCUT2D eigenvalue weighted by Gasteiger charge is 2.29. The zero-order valence-corrected chi connectivity index (χ0v) is 18.3. The van der Waals surface area contributed by atoms with Crippen molar-refractivity contribution in [3.05, 3.63) is 23.8 Å². The molecule has 1 unspecified atom stereocenters. The van der Waals surface area contributed by atoms with E-state index in [-0.39, 0.29) is 30.4 Å². The molecule has 0 aromatic heterocycles. The number of rotatable bonds is 6. The number of anilines is 1. The summed E-state index contributed by atoms with van der Waals surface area (Å²) in [5.41, 5.74) is 1.76. The molecule has 2 aliphatic rings. The predicted molar refractivity (Wildman–Crippen MR) is 115 cm³/mol. The molecule has 0 saturated carbocycles. The summed E-state index contributed by atoms with van der Waals surface area (Å²) in [5, 5.41) is 2.99. The summed E-state index contributed by atoms with van der Waals surface area (Å²) < 4.78 is 5.57. The normalized spacial score (nSPS) is 22.1. The maximum absolute atomic E-state index is 12.5. The average Bonchev–Trinajstić information content (AvgIpc) is 2.67. The molecule has 2 heterocycles. The Bertz CT molecular complexity index is 741. The molecule has 3 rings (SSSR count). The molecule has 0 bridgehead atoms. The van der Waals surface area contributed by atoms with Crippen molar-refractivity contribution in [3.63, 3.8) is 0 Å². The van der Waals surface area contributed by atoms with Crippen LogP contribution in [0.4, 0.5) is 5.69 Å². The summed E-state index contributed by atoms with van der Waals surface area (Å²) in [7, 11) is 0. The SMILES string of the molecule is C[C@@H]1CCCC[NH+]1CCCNC(=O)CN1C(=O)COc2ccc(C(C)(C)C)cc21. The van der Waals surface area contributed by atoms with Gasteiger partial charge in [-0.25, -0.2) is 0 Å². The van der Waals surface area contributed by atoms with E-state index in [0.29, 0.717) is 18.0 Å². The Morgan fingerprint density at radius 3 is 2.83 bits per heavy atom. The van der Waals surface area contributed by atoms with Crippen LogP contribution < -0.4 is 19.9 Å². The third-order valence-corrected chi connectivity index (χ3v) is 6.15. The lowest BCUT2D eigenvalue weighted by Crippen LogP contribution is -3.16. The van der Waals surface area contributed by atoms with Crippen molar-refractivity contribution in [3.8, 4) is 5.75 Å². The molecule has 1 saturated heterocycles. The van der Waals surface area contributed by atoms with E-state index in [9.17, 15) is 9.59 Å². The van der Waals surface area contributed by atoms with Gasteiger partial charge in [0, 0.05) is 13.0 Å². The third-order valence-electron chi connectivity index (χ3n) is 6.15. The lowest BCUT2D eigenvalue weighted by molar-refractivity contribution is -0.928. The molecule has 29 heavy (non-hydrogen) atoms. The fourth-order valence-electron chi connectivity index (χ4n) is 4.21. The number of hydrogen-bond acceptors (Lipinski definition) is 3. The van der Waals surface area contributed by atoms with Crippen LogP contribution in [0.25, 0.3) is 0 Å². The Balaban J connectivity index is 1.55. The molecule has 160 valence electrons. The fraction of sp³-hybridized carbons (Fsp3) is 0.652. The second-order valence-corrected chi connectivity index (χ2v) is 9.46. The van der Waals surface area contributed by atoms with Gasteiger partial charge >= 0.3 is 0 Å². The van der Waals surface area contributed by atoms with Gasteiger partial charge in [0.2, 0.25) is 5.91 Å². The molecule has 2 amide bonds. The van der Waals surface area contributed by atoms with Crippen molar-refractivity contribution in [2.24, 2.45) is 0 Å². The number of hydrogen-bond donors (Lipinski definition) is 2. The van der Waals surface area contributed by atoms with Crippen LogP contribution in [-0.4, -0.2) is 50.6 Å². The van der Waals surface area contributed by atoms with Crippen LogP contribution in [-0.2, 0) is 15.0 Å². The number of benzene rings is 1. The first-order valence-electron chi connectivity index (χ1n) is 10.9. The van der Waals surface area contributed by atoms with Gasteiger partial charge in [-0.1, -0.05) is 26.8 Å². The van der Waals surface area contributed by atoms with Crippen LogP contribution in [0.3, 0.4) is 0 Å². The number of likely N-dealkylation sites (tertiary alicyclic amines) is 1. The minimum atomic E-state index is -0.176. The summed E-state index contributed by atoms with van der Waals surface area (Å²) in [6.45, 7) is 11.7. The zero-order valence-electron chi connectivity index (χ0n) is 18.3. The second-order valence-electron chi connectivity index (χ2n) is 9.46. The van der Waals surface area contributed by atoms with Gasteiger partial charge in [0.05, 0.1) is 24.8 Å². The van der Waals surface area contributed by atoms with Crippen molar-refractivity contribution < 1.29 is 19.2 Å². The van der Waals surface area contributed by atoms with Crippen molar-refractivity contribution in [1.29, 1.82) is 0 Å². The van der Waals surface area contributed by atoms with Crippen molar-refractivity contribution in [2.45, 2.75) is 64.8 Å². The maximum atomic E-state index is 12.5. The van der Waals surface area contributed by atoms with Gasteiger partial charge in [-0.05, 0) is 49.3 Å². The van der Waals surface area contributed by atoms with Crippen LogP contribution >= 0.6 is 0 Å². The molecule has 2 N–H and O–H groups in total. The van der Waals surface area contributed by atoms with Crippen LogP contribution in [0.2, 0.25) is 0 Å². The van der Waals surface area contributed by atoms with E-state index in [2.05, 4.69) is 33.0 Å². The minimum Gasteiger partial charge on any atom is -0.482 e. The first kappa shape index (κ1) is 21.6. The van der Waals surface area contributed by atoms with Gasteiger partial charge < -0.3 is 15.0 Å². The average molecular weight is 403 g/mol. The van der Waals surface area contributed by atoms with E-state index in [0.717, 1.165) is 24.6 Å². The minimum absolute atomic E-state index is 0.0225. The van der Waals surface area contributed by atoms with E-state index in [1.54, 1.807) is 9.80 Å². The quantitative estimate of drug-likeness (QED) is 0.712. The van der Waals surface area contributed by atoms with Gasteiger partial charge in [0.25, 0.3) is 5.91 Å². The number of quaternary nitrogens is 1. The zero-order chi connectivity index (χ0) is 21.0. The van der Waals surface area contributed by atoms with E-state index < -0.39 is 0 Å². The monoisotopic (exact) mass is 402 g/mol. The van der Waals surface area contributed by atoms with Crippen LogP contribution in [0.1, 0.15) is 58.9 Å². The topological polar surface area (TPSA) is 63.1 Å². The first-order valence-corrected chi connectivity index (χ1v) is 10.9. The van der Waals surface area contributed by atoms with Crippen molar-refractivity contribution in [1.82, 2.24) is 5.32 Å². The van der Waals surface area contributed by atoms with Gasteiger partial charge in [-0.2, -0.15) is 0 Å². The largest absolute Gasteiger partial charge is 0.482 e. The number of nitrogens with zero attached hydrogens (tertiary/aromatic N) is 1. The molecule has 6 heteroatoms. The number of piperidine rings is 1. The number of carbonyl (C=O) groups is 2. The molecule has 2 aliphatic heterocycles. The highest BCUT2D eigenvalue weighted by molar-refractivity contribution is 6.02. The lowest BCUT2D eigenvalue weighted by Gasteiger charge is -2.31. The number of nitrogens with one attached hydrogen (secondary N) is 2. The molecule has 1 aromatic rings. The molecule has 6 nitrogen and oxygen atoms in total. The van der Waals surface area contributed by atoms with E-state index in [1.165, 1.54) is 25.8 Å². The highest BCUT2D eigenvalue weighted by Crippen LogP contribution is 2.36. The van der Waals surface area contributed by atoms with Gasteiger partial charge in [0.1, 0.15) is 12.3 Å². The van der Waals surface area contributed by atoms with Crippen molar-refractivity contribution >= 4 is 17.5 Å². The Hall–Kier alpha value is -2.08. The molecule has 0 radical (unpaired) electrons. The predicted octanol–water partition coefficient (Wildman–Crippen LogP) is 1.67. The van der Waals surface area contributed by atoms with Crippen molar-refractivity contribution in [2.75, 3.05) is 37.7 Å². The van der Waals surface area contributed by atoms with Gasteiger partial charge in [-0.15, -0.1) is 0 Å². The summed E-state index contributed by atoms with van der Waals surface area (Å²) in [6, 6.07) is 6.62. The molecular formula is C23H36N3O3+. The summed E-state index contributed by atoms with van der Waals surface area (Å²) in [6.07, 6.45) is 4.92. The lowest BCUT2D eigenvalue weighted by atomic mass is 9.86. The number of carbonyl (C=O) groups excluding carboxylic acids is 2. The summed E-state index contributed by atoms with van der Waals surface area (Å²) >= 11 is 0. The van der Waals surface area contributed by atoms with Gasteiger partial charge in [0.15, 0.2) is 6.61 Å². The smallest absolute Gasteiger partial charge is 0.265 e. The first-order chi connectivity index (χ1) is 13.8. The Labute approximate surface area is 174 Å². The van der Waals surface area contributed by atoms with E-state index >= 15 is 0 Å². The van der Waals surface area contributed by atoms with Crippen LogP contribution in [0.15, 0.2) is 18.2 Å². The fourth-order valence-corrected chi connectivity index (χ4v) is 4.21. The van der Waals surface area contributed by atoms with Crippen LogP contribution in [0, 0.1) is 0 Å². The summed E-state index contributed by atoms with van der Waals surface area (Å²) in [4.78, 5) is 28.2. The molecular weight excluding hydrogens is 366 g/mol. The van der Waals surface area contributed by atoms with E-state index in [4.69, 9.17) is 4.74 Å². The molecule has 0 aliphatic carbocycles. The van der Waals surface area contributed by atoms with Gasteiger partial charge in [-0.3, -0.25) is 14.5 Å². The number of ether oxygens (including phenoxy) is 1. The van der Waals surface area contributed by atoms with Crippen LogP contribution in [0.5, 0.6) is 5.75 Å². The number of fused-ring (bicyclic) bond motifs is 1.